The summed E-state index contributed by atoms with van der Waals surface area (Å²) in [6.45, 7) is 4.93. The second-order valence-electron chi connectivity index (χ2n) is 6.24. The van der Waals surface area contributed by atoms with Crippen LogP contribution >= 0.6 is 0 Å². The Labute approximate surface area is 143 Å². The average Bonchev–Trinajstić information content (AvgIpc) is 3.36. The van der Waals surface area contributed by atoms with Crippen LogP contribution in [0.25, 0.3) is 11.7 Å². The number of aromatic nitrogens is 3. The summed E-state index contributed by atoms with van der Waals surface area (Å²) in [4.78, 5) is 18.8. The normalized spacial score (nSPS) is 17.4. The summed E-state index contributed by atoms with van der Waals surface area (Å²) in [5.74, 6) is 2.35. The second-order valence-corrected chi connectivity index (χ2v) is 6.24. The first-order valence-electron chi connectivity index (χ1n) is 8.19. The van der Waals surface area contributed by atoms with Crippen molar-refractivity contribution in [2.24, 2.45) is 0 Å². The largest absolute Gasteiger partial charge is 0.459 e. The molecule has 3 aromatic rings. The smallest absolute Gasteiger partial charge is 0.293 e. The summed E-state index contributed by atoms with van der Waals surface area (Å²) in [6, 6.07) is 3.54. The molecular formula is C17H18N4O4. The van der Waals surface area contributed by atoms with Gasteiger partial charge < -0.3 is 18.4 Å². The zero-order chi connectivity index (χ0) is 17.4. The Morgan fingerprint density at radius 1 is 1.32 bits per heavy atom. The molecule has 0 aromatic carbocycles. The van der Waals surface area contributed by atoms with Gasteiger partial charge in [0.05, 0.1) is 18.4 Å². The number of carbonyl (C=O) groups is 1. The van der Waals surface area contributed by atoms with Crippen LogP contribution in [0.3, 0.4) is 0 Å². The molecule has 0 radical (unpaired) electrons. The molecule has 1 aliphatic heterocycles. The zero-order valence-corrected chi connectivity index (χ0v) is 14.1. The van der Waals surface area contributed by atoms with Crippen molar-refractivity contribution in [2.45, 2.75) is 32.6 Å². The SMILES string of the molecule is Cc1noc(C)c1CC(=O)N1CC[C@H](c2noc(-c3ccco3)n2)C1. The number of likely N-dealkylation sites (tertiary alicyclic amines) is 1. The third-order valence-electron chi connectivity index (χ3n) is 4.59. The van der Waals surface area contributed by atoms with E-state index >= 15 is 0 Å². The van der Waals surface area contributed by atoms with Crippen molar-refractivity contribution in [3.8, 4) is 11.7 Å². The summed E-state index contributed by atoms with van der Waals surface area (Å²) in [6.07, 6.45) is 2.67. The highest BCUT2D eigenvalue weighted by molar-refractivity contribution is 5.79. The Kier molecular flexibility index (Phi) is 3.87. The van der Waals surface area contributed by atoms with E-state index < -0.39 is 0 Å². The first-order valence-corrected chi connectivity index (χ1v) is 8.19. The minimum atomic E-state index is 0.0617. The van der Waals surface area contributed by atoms with Gasteiger partial charge in [-0.25, -0.2) is 0 Å². The highest BCUT2D eigenvalue weighted by Gasteiger charge is 2.31. The van der Waals surface area contributed by atoms with E-state index in [4.69, 9.17) is 13.5 Å². The molecule has 1 saturated heterocycles. The number of hydrogen-bond donors (Lipinski definition) is 0. The molecule has 130 valence electrons. The third-order valence-corrected chi connectivity index (χ3v) is 4.59. The first-order chi connectivity index (χ1) is 12.1. The summed E-state index contributed by atoms with van der Waals surface area (Å²) in [7, 11) is 0. The van der Waals surface area contributed by atoms with E-state index in [1.54, 1.807) is 18.4 Å². The van der Waals surface area contributed by atoms with Gasteiger partial charge in [-0.3, -0.25) is 4.79 Å². The molecule has 1 fully saturated rings. The van der Waals surface area contributed by atoms with Crippen LogP contribution in [0, 0.1) is 13.8 Å². The topological polar surface area (TPSA) is 98.4 Å². The molecule has 8 heteroatoms. The van der Waals surface area contributed by atoms with Crippen LogP contribution in [-0.4, -0.2) is 39.2 Å². The van der Waals surface area contributed by atoms with Gasteiger partial charge in [-0.2, -0.15) is 4.98 Å². The van der Waals surface area contributed by atoms with Crippen molar-refractivity contribution < 1.29 is 18.3 Å². The third kappa shape index (κ3) is 2.95. The highest BCUT2D eigenvalue weighted by atomic mass is 16.5. The minimum absolute atomic E-state index is 0.0617. The van der Waals surface area contributed by atoms with Crippen LogP contribution in [0.15, 0.2) is 31.9 Å². The number of furan rings is 1. The van der Waals surface area contributed by atoms with E-state index in [1.807, 2.05) is 18.7 Å². The summed E-state index contributed by atoms with van der Waals surface area (Å²) >= 11 is 0. The van der Waals surface area contributed by atoms with Gasteiger partial charge in [-0.05, 0) is 32.4 Å². The number of hydrogen-bond acceptors (Lipinski definition) is 7. The molecule has 0 aliphatic carbocycles. The number of nitrogens with zero attached hydrogens (tertiary/aromatic N) is 4. The van der Waals surface area contributed by atoms with Crippen molar-refractivity contribution in [1.29, 1.82) is 0 Å². The molecule has 0 N–H and O–H groups in total. The molecule has 1 aliphatic rings. The zero-order valence-electron chi connectivity index (χ0n) is 14.1. The molecule has 0 unspecified atom stereocenters. The lowest BCUT2D eigenvalue weighted by Gasteiger charge is -2.15. The van der Waals surface area contributed by atoms with Crippen LogP contribution in [0.2, 0.25) is 0 Å². The predicted octanol–water partition coefficient (Wildman–Crippen LogP) is 2.49. The highest BCUT2D eigenvalue weighted by Crippen LogP contribution is 2.28. The monoisotopic (exact) mass is 342 g/mol. The van der Waals surface area contributed by atoms with Crippen LogP contribution in [0.5, 0.6) is 0 Å². The van der Waals surface area contributed by atoms with Crippen molar-refractivity contribution in [2.75, 3.05) is 13.1 Å². The lowest BCUT2D eigenvalue weighted by molar-refractivity contribution is -0.129. The molecule has 25 heavy (non-hydrogen) atoms. The van der Waals surface area contributed by atoms with Crippen LogP contribution < -0.4 is 0 Å². The molecule has 1 atom stereocenters. The van der Waals surface area contributed by atoms with Crippen LogP contribution in [0.4, 0.5) is 0 Å². The van der Waals surface area contributed by atoms with Crippen molar-refractivity contribution >= 4 is 5.91 Å². The van der Waals surface area contributed by atoms with E-state index in [9.17, 15) is 4.79 Å². The maximum absolute atomic E-state index is 12.6. The molecule has 4 heterocycles. The quantitative estimate of drug-likeness (QED) is 0.718. The maximum Gasteiger partial charge on any atom is 0.293 e. The number of rotatable bonds is 4. The first kappa shape index (κ1) is 15.6. The fourth-order valence-electron chi connectivity index (χ4n) is 3.12. The Morgan fingerprint density at radius 2 is 2.20 bits per heavy atom. The average molecular weight is 342 g/mol. The van der Waals surface area contributed by atoms with Gasteiger partial charge in [0.2, 0.25) is 5.91 Å². The van der Waals surface area contributed by atoms with Gasteiger partial charge >= 0.3 is 0 Å². The van der Waals surface area contributed by atoms with Gasteiger partial charge in [0.25, 0.3) is 5.89 Å². The van der Waals surface area contributed by atoms with E-state index in [0.717, 1.165) is 17.7 Å². The second kappa shape index (κ2) is 6.19. The lowest BCUT2D eigenvalue weighted by Crippen LogP contribution is -2.30. The van der Waals surface area contributed by atoms with Gasteiger partial charge in [0.15, 0.2) is 11.6 Å². The molecule has 0 saturated carbocycles. The van der Waals surface area contributed by atoms with E-state index in [2.05, 4.69) is 15.3 Å². The molecule has 1 amide bonds. The fraction of sp³-hybridized carbons (Fsp3) is 0.412. The lowest BCUT2D eigenvalue weighted by atomic mass is 10.1. The predicted molar refractivity (Wildman–Crippen MR) is 85.6 cm³/mol. The van der Waals surface area contributed by atoms with Gasteiger partial charge in [0, 0.05) is 24.6 Å². The Bertz CT molecular complexity index is 861. The Balaban J connectivity index is 1.42. The van der Waals surface area contributed by atoms with Gasteiger partial charge in [0.1, 0.15) is 5.76 Å². The van der Waals surface area contributed by atoms with Crippen LogP contribution in [-0.2, 0) is 11.2 Å². The van der Waals surface area contributed by atoms with Crippen LogP contribution in [0.1, 0.15) is 35.2 Å². The Morgan fingerprint density at radius 3 is 2.92 bits per heavy atom. The number of aryl methyl sites for hydroxylation is 2. The minimum Gasteiger partial charge on any atom is -0.459 e. The molecule has 8 nitrogen and oxygen atoms in total. The van der Waals surface area contributed by atoms with Crippen molar-refractivity contribution in [3.05, 3.63) is 41.2 Å². The molecule has 3 aromatic heterocycles. The van der Waals surface area contributed by atoms with E-state index in [-0.39, 0.29) is 11.8 Å². The van der Waals surface area contributed by atoms with Gasteiger partial charge in [-0.15, -0.1) is 0 Å². The standard InChI is InChI=1S/C17H18N4O4/c1-10-13(11(2)24-19-10)8-15(22)21-6-5-12(9-21)16-18-17(25-20-16)14-4-3-7-23-14/h3-4,7,12H,5-6,8-9H2,1-2H3/t12-/m0/s1. The fourth-order valence-corrected chi connectivity index (χ4v) is 3.12. The van der Waals surface area contributed by atoms with Crippen molar-refractivity contribution in [3.63, 3.8) is 0 Å². The number of amides is 1. The summed E-state index contributed by atoms with van der Waals surface area (Å²) in [5.41, 5.74) is 1.64. The summed E-state index contributed by atoms with van der Waals surface area (Å²) < 4.78 is 15.6. The van der Waals surface area contributed by atoms with Gasteiger partial charge in [-0.1, -0.05) is 10.3 Å². The van der Waals surface area contributed by atoms with E-state index in [0.29, 0.717) is 42.7 Å². The summed E-state index contributed by atoms with van der Waals surface area (Å²) in [5, 5.41) is 7.94. The molecule has 4 rings (SSSR count). The Hall–Kier alpha value is -2.90. The maximum atomic E-state index is 12.6. The molecular weight excluding hydrogens is 324 g/mol. The van der Waals surface area contributed by atoms with Crippen molar-refractivity contribution in [1.82, 2.24) is 20.2 Å². The molecule has 0 bridgehead atoms. The number of carbonyl (C=O) groups excluding carboxylic acids is 1. The van der Waals surface area contributed by atoms with E-state index in [1.165, 1.54) is 0 Å². The molecule has 0 spiro atoms.